The van der Waals surface area contributed by atoms with Crippen LogP contribution in [-0.4, -0.2) is 58.0 Å². The molecule has 0 unspecified atom stereocenters. The SMILES string of the molecule is Cl.O=C(Nc1cnc(Nc2ccc(C(=O)N3CCNCC3)cc2)nc1)c1cc(O)ccc1Cl. The number of aromatic hydroxyl groups is 1. The van der Waals surface area contributed by atoms with Gasteiger partial charge < -0.3 is 26.0 Å². The van der Waals surface area contributed by atoms with Crippen LogP contribution in [0.15, 0.2) is 54.9 Å². The van der Waals surface area contributed by atoms with Crippen molar-refractivity contribution in [2.24, 2.45) is 0 Å². The maximum absolute atomic E-state index is 12.5. The van der Waals surface area contributed by atoms with Crippen LogP contribution in [-0.2, 0) is 0 Å². The second-order valence-corrected chi connectivity index (χ2v) is 7.57. The Kier molecular flexibility index (Phi) is 8.05. The molecule has 11 heteroatoms. The van der Waals surface area contributed by atoms with Crippen molar-refractivity contribution in [1.29, 1.82) is 0 Å². The predicted molar refractivity (Wildman–Crippen MR) is 129 cm³/mol. The van der Waals surface area contributed by atoms with Crippen LogP contribution in [0.25, 0.3) is 0 Å². The number of hydrogen-bond donors (Lipinski definition) is 4. The summed E-state index contributed by atoms with van der Waals surface area (Å²) in [5.74, 6) is -0.197. The Bertz CT molecular complexity index is 1120. The van der Waals surface area contributed by atoms with Gasteiger partial charge in [0, 0.05) is 37.4 Å². The molecule has 0 bridgehead atoms. The molecule has 3 aromatic rings. The molecule has 2 heterocycles. The molecular weight excluding hydrogens is 467 g/mol. The molecule has 1 fully saturated rings. The molecule has 4 N–H and O–H groups in total. The van der Waals surface area contributed by atoms with Gasteiger partial charge in [-0.1, -0.05) is 11.6 Å². The number of nitrogens with one attached hydrogen (secondary N) is 3. The molecule has 0 aliphatic carbocycles. The highest BCUT2D eigenvalue weighted by molar-refractivity contribution is 6.34. The van der Waals surface area contributed by atoms with E-state index in [0.29, 0.717) is 30.3 Å². The molecule has 4 rings (SSSR count). The van der Waals surface area contributed by atoms with Crippen molar-refractivity contribution in [2.75, 3.05) is 36.8 Å². The number of piperazine rings is 1. The summed E-state index contributed by atoms with van der Waals surface area (Å²) in [6, 6.07) is 11.2. The molecule has 1 saturated heterocycles. The van der Waals surface area contributed by atoms with Gasteiger partial charge in [-0.05, 0) is 42.5 Å². The summed E-state index contributed by atoms with van der Waals surface area (Å²) in [6.45, 7) is 3.01. The minimum Gasteiger partial charge on any atom is -0.508 e. The van der Waals surface area contributed by atoms with Crippen LogP contribution >= 0.6 is 24.0 Å². The number of hydrogen-bond acceptors (Lipinski definition) is 7. The van der Waals surface area contributed by atoms with Gasteiger partial charge in [0.2, 0.25) is 5.95 Å². The number of nitrogens with zero attached hydrogens (tertiary/aromatic N) is 3. The van der Waals surface area contributed by atoms with Gasteiger partial charge in [0.25, 0.3) is 11.8 Å². The highest BCUT2D eigenvalue weighted by Crippen LogP contribution is 2.22. The fourth-order valence-electron chi connectivity index (χ4n) is 3.22. The quantitative estimate of drug-likeness (QED) is 0.434. The first-order chi connectivity index (χ1) is 15.5. The van der Waals surface area contributed by atoms with Crippen LogP contribution in [0.3, 0.4) is 0 Å². The number of phenols is 1. The van der Waals surface area contributed by atoms with Crippen molar-refractivity contribution in [3.05, 3.63) is 71.0 Å². The van der Waals surface area contributed by atoms with Gasteiger partial charge in [-0.25, -0.2) is 9.97 Å². The highest BCUT2D eigenvalue weighted by Gasteiger charge is 2.17. The summed E-state index contributed by atoms with van der Waals surface area (Å²) in [7, 11) is 0. The average molecular weight is 489 g/mol. The first-order valence-electron chi connectivity index (χ1n) is 9.98. The van der Waals surface area contributed by atoms with Gasteiger partial charge >= 0.3 is 0 Å². The normalized spacial score (nSPS) is 13.1. The first kappa shape index (κ1) is 24.2. The van der Waals surface area contributed by atoms with Gasteiger partial charge in [0.05, 0.1) is 28.7 Å². The zero-order valence-electron chi connectivity index (χ0n) is 17.4. The zero-order chi connectivity index (χ0) is 22.5. The Balaban J connectivity index is 0.00000306. The third kappa shape index (κ3) is 6.10. The Morgan fingerprint density at radius 2 is 1.67 bits per heavy atom. The van der Waals surface area contributed by atoms with Crippen molar-refractivity contribution < 1.29 is 14.7 Å². The van der Waals surface area contributed by atoms with Crippen LogP contribution in [0, 0.1) is 0 Å². The van der Waals surface area contributed by atoms with Crippen molar-refractivity contribution >= 4 is 53.1 Å². The van der Waals surface area contributed by atoms with E-state index in [2.05, 4.69) is 25.9 Å². The van der Waals surface area contributed by atoms with Crippen LogP contribution in [0.4, 0.5) is 17.3 Å². The third-order valence-corrected chi connectivity index (χ3v) is 5.23. The lowest BCUT2D eigenvalue weighted by Crippen LogP contribution is -2.46. The number of benzene rings is 2. The lowest BCUT2D eigenvalue weighted by Gasteiger charge is -2.27. The van der Waals surface area contributed by atoms with Crippen molar-refractivity contribution in [1.82, 2.24) is 20.2 Å². The second-order valence-electron chi connectivity index (χ2n) is 7.16. The fraction of sp³-hybridized carbons (Fsp3) is 0.182. The number of aromatic nitrogens is 2. The molecule has 172 valence electrons. The van der Waals surface area contributed by atoms with E-state index in [1.165, 1.54) is 30.6 Å². The average Bonchev–Trinajstić information content (AvgIpc) is 2.82. The van der Waals surface area contributed by atoms with Crippen molar-refractivity contribution in [2.45, 2.75) is 0 Å². The summed E-state index contributed by atoms with van der Waals surface area (Å²) < 4.78 is 0. The van der Waals surface area contributed by atoms with E-state index in [0.717, 1.165) is 18.8 Å². The third-order valence-electron chi connectivity index (χ3n) is 4.90. The smallest absolute Gasteiger partial charge is 0.257 e. The molecule has 0 saturated carbocycles. The van der Waals surface area contributed by atoms with E-state index in [-0.39, 0.29) is 34.6 Å². The van der Waals surface area contributed by atoms with Gasteiger partial charge in [-0.3, -0.25) is 9.59 Å². The predicted octanol–water partition coefficient (Wildman–Crippen LogP) is 3.30. The van der Waals surface area contributed by atoms with E-state index in [4.69, 9.17) is 11.6 Å². The summed E-state index contributed by atoms with van der Waals surface area (Å²) in [5.41, 5.74) is 1.87. The van der Waals surface area contributed by atoms with E-state index in [9.17, 15) is 14.7 Å². The Hall–Kier alpha value is -3.40. The van der Waals surface area contributed by atoms with E-state index >= 15 is 0 Å². The molecule has 33 heavy (non-hydrogen) atoms. The second kappa shape index (κ2) is 11.0. The molecule has 1 aliphatic heterocycles. The number of carbonyl (C=O) groups is 2. The Morgan fingerprint density at radius 3 is 2.33 bits per heavy atom. The van der Waals surface area contributed by atoms with Crippen LogP contribution in [0.2, 0.25) is 5.02 Å². The van der Waals surface area contributed by atoms with E-state index in [1.807, 2.05) is 4.90 Å². The molecule has 2 aromatic carbocycles. The highest BCUT2D eigenvalue weighted by atomic mass is 35.5. The molecule has 2 amide bonds. The monoisotopic (exact) mass is 488 g/mol. The number of carbonyl (C=O) groups excluding carboxylic acids is 2. The molecular formula is C22H22Cl2N6O3. The zero-order valence-corrected chi connectivity index (χ0v) is 19.0. The lowest BCUT2D eigenvalue weighted by atomic mass is 10.1. The van der Waals surface area contributed by atoms with Gasteiger partial charge in [-0.15, -0.1) is 12.4 Å². The van der Waals surface area contributed by atoms with Crippen LogP contribution < -0.4 is 16.0 Å². The number of phenolic OH excluding ortho intramolecular Hbond substituents is 1. The summed E-state index contributed by atoms with van der Waals surface area (Å²) in [5, 5.41) is 18.7. The van der Waals surface area contributed by atoms with Crippen molar-refractivity contribution in [3.8, 4) is 5.75 Å². The molecule has 1 aromatic heterocycles. The molecule has 0 atom stereocenters. The van der Waals surface area contributed by atoms with E-state index in [1.54, 1.807) is 24.3 Å². The topological polar surface area (TPSA) is 119 Å². The Morgan fingerprint density at radius 1 is 1.00 bits per heavy atom. The van der Waals surface area contributed by atoms with Crippen LogP contribution in [0.5, 0.6) is 5.75 Å². The Labute approximate surface area is 201 Å². The number of anilines is 3. The summed E-state index contributed by atoms with van der Waals surface area (Å²) in [4.78, 5) is 35.1. The number of rotatable bonds is 5. The van der Waals surface area contributed by atoms with Crippen molar-refractivity contribution in [3.63, 3.8) is 0 Å². The van der Waals surface area contributed by atoms with Gasteiger partial charge in [-0.2, -0.15) is 0 Å². The molecule has 9 nitrogen and oxygen atoms in total. The minimum atomic E-state index is -0.486. The van der Waals surface area contributed by atoms with E-state index < -0.39 is 5.91 Å². The summed E-state index contributed by atoms with van der Waals surface area (Å²) in [6.07, 6.45) is 2.90. The molecule has 1 aliphatic rings. The molecule has 0 radical (unpaired) electrons. The number of amides is 2. The van der Waals surface area contributed by atoms with Crippen LogP contribution in [0.1, 0.15) is 20.7 Å². The standard InChI is InChI=1S/C22H21ClN6O3.ClH/c23-19-6-5-17(30)11-18(19)20(31)27-16-12-25-22(26-13-16)28-15-3-1-14(2-4-15)21(32)29-9-7-24-8-10-29;/h1-6,11-13,24,30H,7-10H2,(H,27,31)(H,25,26,28);1H. The lowest BCUT2D eigenvalue weighted by molar-refractivity contribution is 0.0735. The first-order valence-corrected chi connectivity index (χ1v) is 10.4. The maximum atomic E-state index is 12.5. The molecule has 0 spiro atoms. The van der Waals surface area contributed by atoms with Gasteiger partial charge in [0.1, 0.15) is 5.75 Å². The minimum absolute atomic E-state index is 0. The number of halogens is 2. The van der Waals surface area contributed by atoms with Gasteiger partial charge in [0.15, 0.2) is 0 Å². The largest absolute Gasteiger partial charge is 0.508 e. The summed E-state index contributed by atoms with van der Waals surface area (Å²) >= 11 is 6.01. The maximum Gasteiger partial charge on any atom is 0.257 e. The fourth-order valence-corrected chi connectivity index (χ4v) is 3.42.